The fourth-order valence-corrected chi connectivity index (χ4v) is 4.44. The van der Waals surface area contributed by atoms with Crippen LogP contribution in [0.15, 0.2) is 79.5 Å². The molecule has 0 aliphatic carbocycles. The Balaban J connectivity index is 1.85. The Morgan fingerprint density at radius 1 is 1.14 bits per heavy atom. The molecule has 0 saturated carbocycles. The molecule has 0 aliphatic rings. The van der Waals surface area contributed by atoms with Gasteiger partial charge in [-0.2, -0.15) is 9.78 Å². The smallest absolute Gasteiger partial charge is 0.312 e. The standard InChI is InChI=1S/C26H22Br2N4O4/c1-3-16(2)25-30-22-10-9-19(27)12-21(22)26(33)31(25)29-14-18-11-20(28)13-23(32(34)35)24(18)36-15-17-7-5-4-6-8-17/h4-14,16H,3,15H2,1-2H3/t16-/m0/s1. The molecule has 1 heterocycles. The summed E-state index contributed by atoms with van der Waals surface area (Å²) in [5.41, 5.74) is 1.25. The van der Waals surface area contributed by atoms with Gasteiger partial charge in [0.1, 0.15) is 12.4 Å². The third kappa shape index (κ3) is 5.55. The molecule has 0 N–H and O–H groups in total. The number of nitro benzene ring substituents is 1. The molecule has 1 atom stereocenters. The molecule has 0 unspecified atom stereocenters. The zero-order chi connectivity index (χ0) is 25.8. The minimum atomic E-state index is -0.506. The van der Waals surface area contributed by atoms with Gasteiger partial charge in [-0.15, -0.1) is 0 Å². The van der Waals surface area contributed by atoms with Crippen LogP contribution in [0.4, 0.5) is 5.69 Å². The number of hydrogen-bond donors (Lipinski definition) is 0. The van der Waals surface area contributed by atoms with Gasteiger partial charge in [0.05, 0.1) is 22.0 Å². The third-order valence-corrected chi connectivity index (χ3v) is 6.64. The van der Waals surface area contributed by atoms with Gasteiger partial charge in [-0.25, -0.2) is 4.98 Å². The molecule has 0 saturated heterocycles. The largest absolute Gasteiger partial charge is 0.481 e. The van der Waals surface area contributed by atoms with E-state index in [-0.39, 0.29) is 29.5 Å². The van der Waals surface area contributed by atoms with Crippen LogP contribution in [-0.4, -0.2) is 20.8 Å². The SMILES string of the molecule is CC[C@H](C)c1nc2ccc(Br)cc2c(=O)n1N=Cc1cc(Br)cc([N+](=O)[O-])c1OCc1ccccc1. The maximum absolute atomic E-state index is 13.4. The van der Waals surface area contributed by atoms with Gasteiger partial charge in [-0.3, -0.25) is 14.9 Å². The van der Waals surface area contributed by atoms with E-state index in [1.807, 2.05) is 50.2 Å². The lowest BCUT2D eigenvalue weighted by Crippen LogP contribution is -2.23. The van der Waals surface area contributed by atoms with Gasteiger partial charge in [0.15, 0.2) is 0 Å². The van der Waals surface area contributed by atoms with E-state index in [1.54, 1.807) is 18.2 Å². The Labute approximate surface area is 224 Å². The average Bonchev–Trinajstić information content (AvgIpc) is 2.87. The van der Waals surface area contributed by atoms with E-state index in [1.165, 1.54) is 17.0 Å². The molecule has 0 amide bonds. The first-order valence-corrected chi connectivity index (χ1v) is 12.8. The summed E-state index contributed by atoms with van der Waals surface area (Å²) in [6.07, 6.45) is 2.15. The highest BCUT2D eigenvalue weighted by atomic mass is 79.9. The molecule has 0 spiro atoms. The monoisotopic (exact) mass is 612 g/mol. The molecule has 4 rings (SSSR count). The molecule has 0 radical (unpaired) electrons. The van der Waals surface area contributed by atoms with Crippen LogP contribution in [-0.2, 0) is 6.61 Å². The summed E-state index contributed by atoms with van der Waals surface area (Å²) < 4.78 is 8.41. The van der Waals surface area contributed by atoms with Crippen LogP contribution in [0.5, 0.6) is 5.75 Å². The minimum absolute atomic E-state index is 0.0476. The first kappa shape index (κ1) is 25.7. The summed E-state index contributed by atoms with van der Waals surface area (Å²) in [4.78, 5) is 29.4. The quantitative estimate of drug-likeness (QED) is 0.124. The Bertz CT molecular complexity index is 1520. The predicted molar refractivity (Wildman–Crippen MR) is 147 cm³/mol. The maximum atomic E-state index is 13.4. The van der Waals surface area contributed by atoms with E-state index in [9.17, 15) is 14.9 Å². The van der Waals surface area contributed by atoms with Gasteiger partial charge in [0.25, 0.3) is 5.56 Å². The van der Waals surface area contributed by atoms with E-state index in [2.05, 4.69) is 37.0 Å². The molecule has 0 aliphatic heterocycles. The van der Waals surface area contributed by atoms with E-state index in [0.29, 0.717) is 26.8 Å². The first-order valence-electron chi connectivity index (χ1n) is 11.2. The van der Waals surface area contributed by atoms with Crippen LogP contribution in [0.2, 0.25) is 0 Å². The second kappa shape index (κ2) is 11.1. The van der Waals surface area contributed by atoms with Crippen LogP contribution in [0, 0.1) is 10.1 Å². The van der Waals surface area contributed by atoms with Crippen LogP contribution < -0.4 is 10.3 Å². The second-order valence-corrected chi connectivity index (χ2v) is 10.0. The molecule has 8 nitrogen and oxygen atoms in total. The summed E-state index contributed by atoms with van der Waals surface area (Å²) in [5.74, 6) is 0.517. The van der Waals surface area contributed by atoms with Crippen molar-refractivity contribution in [3.8, 4) is 5.75 Å². The van der Waals surface area contributed by atoms with E-state index >= 15 is 0 Å². The van der Waals surface area contributed by atoms with Crippen molar-refractivity contribution in [3.05, 3.63) is 107 Å². The number of nitro groups is 1. The van der Waals surface area contributed by atoms with Crippen molar-refractivity contribution >= 4 is 54.7 Å². The van der Waals surface area contributed by atoms with E-state index < -0.39 is 4.92 Å². The van der Waals surface area contributed by atoms with Crippen molar-refractivity contribution in [2.45, 2.75) is 32.8 Å². The molecule has 0 fully saturated rings. The zero-order valence-electron chi connectivity index (χ0n) is 19.5. The average molecular weight is 614 g/mol. The number of fused-ring (bicyclic) bond motifs is 1. The molecule has 184 valence electrons. The molecule has 4 aromatic rings. The summed E-state index contributed by atoms with van der Waals surface area (Å²) in [6, 6.07) is 17.7. The molecular weight excluding hydrogens is 592 g/mol. The molecular formula is C26H22Br2N4O4. The fourth-order valence-electron chi connectivity index (χ4n) is 3.62. The summed E-state index contributed by atoms with van der Waals surface area (Å²) >= 11 is 6.74. The van der Waals surface area contributed by atoms with Crippen molar-refractivity contribution in [2.75, 3.05) is 0 Å². The summed E-state index contributed by atoms with van der Waals surface area (Å²) in [5, 5.41) is 16.7. The maximum Gasteiger partial charge on any atom is 0.312 e. The normalized spacial score (nSPS) is 12.2. The second-order valence-electron chi connectivity index (χ2n) is 8.18. The number of benzene rings is 3. The summed E-state index contributed by atoms with van der Waals surface area (Å²) in [7, 11) is 0. The van der Waals surface area contributed by atoms with Crippen LogP contribution in [0.3, 0.4) is 0 Å². The molecule has 10 heteroatoms. The van der Waals surface area contributed by atoms with Crippen molar-refractivity contribution in [2.24, 2.45) is 5.10 Å². The van der Waals surface area contributed by atoms with Gasteiger partial charge in [-0.1, -0.05) is 76.0 Å². The number of halogens is 2. The topological polar surface area (TPSA) is 99.6 Å². The Kier molecular flexibility index (Phi) is 7.95. The lowest BCUT2D eigenvalue weighted by atomic mass is 10.1. The predicted octanol–water partition coefficient (Wildman–Crippen LogP) is 6.80. The highest BCUT2D eigenvalue weighted by Crippen LogP contribution is 2.34. The van der Waals surface area contributed by atoms with Crippen molar-refractivity contribution in [1.82, 2.24) is 9.66 Å². The number of aromatic nitrogens is 2. The van der Waals surface area contributed by atoms with E-state index in [0.717, 1.165) is 16.5 Å². The molecule has 36 heavy (non-hydrogen) atoms. The van der Waals surface area contributed by atoms with Gasteiger partial charge >= 0.3 is 5.69 Å². The van der Waals surface area contributed by atoms with Gasteiger partial charge < -0.3 is 4.74 Å². The zero-order valence-corrected chi connectivity index (χ0v) is 22.7. The number of rotatable bonds is 8. The Hall–Kier alpha value is -3.37. The number of hydrogen-bond acceptors (Lipinski definition) is 6. The Morgan fingerprint density at radius 3 is 2.58 bits per heavy atom. The third-order valence-electron chi connectivity index (χ3n) is 5.68. The lowest BCUT2D eigenvalue weighted by molar-refractivity contribution is -0.386. The number of ether oxygens (including phenoxy) is 1. The minimum Gasteiger partial charge on any atom is -0.481 e. The van der Waals surface area contributed by atoms with Gasteiger partial charge in [0, 0.05) is 26.5 Å². The number of nitrogens with zero attached hydrogens (tertiary/aromatic N) is 4. The van der Waals surface area contributed by atoms with Crippen LogP contribution in [0.1, 0.15) is 43.1 Å². The first-order chi connectivity index (χ1) is 17.3. The molecule has 3 aromatic carbocycles. The lowest BCUT2D eigenvalue weighted by Gasteiger charge is -2.14. The van der Waals surface area contributed by atoms with Crippen molar-refractivity contribution < 1.29 is 9.66 Å². The summed E-state index contributed by atoms with van der Waals surface area (Å²) in [6.45, 7) is 4.11. The molecule has 0 bridgehead atoms. The fraction of sp³-hybridized carbons (Fsp3) is 0.192. The van der Waals surface area contributed by atoms with Crippen LogP contribution >= 0.6 is 31.9 Å². The van der Waals surface area contributed by atoms with Gasteiger partial charge in [-0.05, 0) is 36.2 Å². The highest BCUT2D eigenvalue weighted by molar-refractivity contribution is 9.10. The van der Waals surface area contributed by atoms with Crippen molar-refractivity contribution in [3.63, 3.8) is 0 Å². The van der Waals surface area contributed by atoms with Gasteiger partial charge in [0.2, 0.25) is 5.75 Å². The van der Waals surface area contributed by atoms with Crippen molar-refractivity contribution in [1.29, 1.82) is 0 Å². The highest BCUT2D eigenvalue weighted by Gasteiger charge is 2.21. The van der Waals surface area contributed by atoms with Crippen LogP contribution in [0.25, 0.3) is 10.9 Å². The Morgan fingerprint density at radius 2 is 1.89 bits per heavy atom. The van der Waals surface area contributed by atoms with E-state index in [4.69, 9.17) is 9.72 Å². The molecule has 1 aromatic heterocycles.